The first kappa shape index (κ1) is 11.1. The number of nitrogens with zero attached hydrogens (tertiary/aromatic N) is 3. The number of rotatable bonds is 5. The highest BCUT2D eigenvalue weighted by Gasteiger charge is 2.29. The molecule has 88 valence electrons. The lowest BCUT2D eigenvalue weighted by Gasteiger charge is -2.22. The average molecular weight is 223 g/mol. The number of aryl methyl sites for hydroxylation is 1. The van der Waals surface area contributed by atoms with Gasteiger partial charge in [0, 0.05) is 24.3 Å². The third-order valence-corrected chi connectivity index (χ3v) is 2.59. The van der Waals surface area contributed by atoms with Crippen molar-refractivity contribution in [2.75, 3.05) is 23.5 Å². The molecule has 6 heteroatoms. The summed E-state index contributed by atoms with van der Waals surface area (Å²) in [6.07, 6.45) is 2.32. The number of nitrogens with two attached hydrogens (primary N) is 1. The Hall–Kier alpha value is -1.40. The lowest BCUT2D eigenvalue weighted by atomic mass is 10.3. The molecule has 4 N–H and O–H groups in total. The van der Waals surface area contributed by atoms with Gasteiger partial charge < -0.3 is 10.0 Å². The molecule has 0 atom stereocenters. The molecule has 0 radical (unpaired) electrons. The van der Waals surface area contributed by atoms with Crippen LogP contribution in [0, 0.1) is 6.92 Å². The largest absolute Gasteiger partial charge is 0.395 e. The Labute approximate surface area is 94.5 Å². The third-order valence-electron chi connectivity index (χ3n) is 2.59. The quantitative estimate of drug-likeness (QED) is 0.482. The second kappa shape index (κ2) is 4.63. The summed E-state index contributed by atoms with van der Waals surface area (Å²) in [5, 5.41) is 9.05. The number of nitrogen functional groups attached to an aromatic ring is 1. The van der Waals surface area contributed by atoms with Crippen molar-refractivity contribution in [1.29, 1.82) is 0 Å². The van der Waals surface area contributed by atoms with Gasteiger partial charge in [0.05, 0.1) is 6.61 Å². The Kier molecular flexibility index (Phi) is 3.21. The van der Waals surface area contributed by atoms with E-state index in [1.807, 2.05) is 13.0 Å². The highest BCUT2D eigenvalue weighted by molar-refractivity contribution is 5.46. The Morgan fingerprint density at radius 3 is 2.88 bits per heavy atom. The minimum absolute atomic E-state index is 0.130. The van der Waals surface area contributed by atoms with Crippen molar-refractivity contribution in [3.63, 3.8) is 0 Å². The molecule has 1 saturated carbocycles. The molecule has 2 rings (SSSR count). The van der Waals surface area contributed by atoms with E-state index in [1.165, 1.54) is 0 Å². The van der Waals surface area contributed by atoms with E-state index in [0.29, 0.717) is 18.5 Å². The first-order valence-electron chi connectivity index (χ1n) is 5.44. The van der Waals surface area contributed by atoms with Crippen molar-refractivity contribution in [2.24, 2.45) is 5.84 Å². The standard InChI is InChI=1S/C10H17N5O/c1-7-6-9(13-10(12-7)14-11)15(4-5-16)8-2-3-8/h6,8,16H,2-5,11H2,1H3,(H,12,13,14). The minimum atomic E-state index is 0.130. The number of hydrogen-bond donors (Lipinski definition) is 3. The Morgan fingerprint density at radius 1 is 1.56 bits per heavy atom. The summed E-state index contributed by atoms with van der Waals surface area (Å²) >= 11 is 0. The van der Waals surface area contributed by atoms with Crippen LogP contribution in [0.2, 0.25) is 0 Å². The maximum atomic E-state index is 9.05. The molecule has 0 spiro atoms. The molecule has 0 amide bonds. The Balaban J connectivity index is 2.25. The zero-order chi connectivity index (χ0) is 11.5. The van der Waals surface area contributed by atoms with Gasteiger partial charge in [0.2, 0.25) is 5.95 Å². The van der Waals surface area contributed by atoms with Crippen molar-refractivity contribution in [2.45, 2.75) is 25.8 Å². The summed E-state index contributed by atoms with van der Waals surface area (Å²) in [7, 11) is 0. The van der Waals surface area contributed by atoms with Gasteiger partial charge in [-0.2, -0.15) is 4.98 Å². The van der Waals surface area contributed by atoms with Crippen LogP contribution in [0.25, 0.3) is 0 Å². The molecule has 6 nitrogen and oxygen atoms in total. The number of hydrazine groups is 1. The number of hydrogen-bond acceptors (Lipinski definition) is 6. The second-order valence-electron chi connectivity index (χ2n) is 3.98. The maximum absolute atomic E-state index is 9.05. The van der Waals surface area contributed by atoms with Gasteiger partial charge in [-0.25, -0.2) is 10.8 Å². The van der Waals surface area contributed by atoms with Gasteiger partial charge in [0.25, 0.3) is 0 Å². The predicted molar refractivity (Wildman–Crippen MR) is 62.0 cm³/mol. The van der Waals surface area contributed by atoms with Crippen LogP contribution in [0.1, 0.15) is 18.5 Å². The molecule has 0 unspecified atom stereocenters. The number of anilines is 2. The molecule has 0 saturated heterocycles. The van der Waals surface area contributed by atoms with Crippen LogP contribution in [0.5, 0.6) is 0 Å². The van der Waals surface area contributed by atoms with Gasteiger partial charge in [0.15, 0.2) is 0 Å². The summed E-state index contributed by atoms with van der Waals surface area (Å²) in [5.41, 5.74) is 3.32. The molecule has 16 heavy (non-hydrogen) atoms. The molecule has 1 fully saturated rings. The van der Waals surface area contributed by atoms with Gasteiger partial charge in [-0.3, -0.25) is 5.43 Å². The molecular weight excluding hydrogens is 206 g/mol. The topological polar surface area (TPSA) is 87.3 Å². The van der Waals surface area contributed by atoms with Crippen molar-refractivity contribution in [1.82, 2.24) is 9.97 Å². The van der Waals surface area contributed by atoms with E-state index in [1.54, 1.807) is 0 Å². The summed E-state index contributed by atoms with van der Waals surface area (Å²) in [6, 6.07) is 2.42. The summed E-state index contributed by atoms with van der Waals surface area (Å²) < 4.78 is 0. The normalized spacial score (nSPS) is 14.9. The molecule has 0 bridgehead atoms. The highest BCUT2D eigenvalue weighted by atomic mass is 16.3. The fraction of sp³-hybridized carbons (Fsp3) is 0.600. The van der Waals surface area contributed by atoms with Gasteiger partial charge in [-0.1, -0.05) is 0 Å². The van der Waals surface area contributed by atoms with Crippen molar-refractivity contribution >= 4 is 11.8 Å². The van der Waals surface area contributed by atoms with Crippen molar-refractivity contribution in [3.05, 3.63) is 11.8 Å². The molecule has 0 aromatic carbocycles. The van der Waals surface area contributed by atoms with Crippen LogP contribution in [0.3, 0.4) is 0 Å². The summed E-state index contributed by atoms with van der Waals surface area (Å²) in [5.74, 6) is 6.56. The van der Waals surface area contributed by atoms with Gasteiger partial charge >= 0.3 is 0 Å². The first-order valence-corrected chi connectivity index (χ1v) is 5.44. The van der Waals surface area contributed by atoms with Crippen LogP contribution < -0.4 is 16.2 Å². The Bertz CT molecular complexity index is 366. The van der Waals surface area contributed by atoms with E-state index >= 15 is 0 Å². The van der Waals surface area contributed by atoms with E-state index in [2.05, 4.69) is 20.3 Å². The maximum Gasteiger partial charge on any atom is 0.239 e. The molecular formula is C10H17N5O. The number of aliphatic hydroxyl groups excluding tert-OH is 1. The lowest BCUT2D eigenvalue weighted by Crippen LogP contribution is -2.30. The highest BCUT2D eigenvalue weighted by Crippen LogP contribution is 2.30. The van der Waals surface area contributed by atoms with Gasteiger partial charge in [0.1, 0.15) is 5.82 Å². The van der Waals surface area contributed by atoms with Gasteiger partial charge in [-0.15, -0.1) is 0 Å². The fourth-order valence-electron chi connectivity index (χ4n) is 1.74. The number of aliphatic hydroxyl groups is 1. The fourth-order valence-corrected chi connectivity index (χ4v) is 1.74. The minimum Gasteiger partial charge on any atom is -0.395 e. The van der Waals surface area contributed by atoms with E-state index in [9.17, 15) is 0 Å². The molecule has 1 aromatic rings. The van der Waals surface area contributed by atoms with Crippen LogP contribution in [-0.4, -0.2) is 34.3 Å². The van der Waals surface area contributed by atoms with E-state index in [-0.39, 0.29) is 6.61 Å². The average Bonchev–Trinajstić information content (AvgIpc) is 3.08. The lowest BCUT2D eigenvalue weighted by molar-refractivity contribution is 0.301. The van der Waals surface area contributed by atoms with E-state index in [4.69, 9.17) is 10.9 Å². The van der Waals surface area contributed by atoms with Crippen molar-refractivity contribution < 1.29 is 5.11 Å². The summed E-state index contributed by atoms with van der Waals surface area (Å²) in [6.45, 7) is 2.63. The SMILES string of the molecule is Cc1cc(N(CCO)C2CC2)nc(NN)n1. The monoisotopic (exact) mass is 223 g/mol. The zero-order valence-electron chi connectivity index (χ0n) is 9.35. The second-order valence-corrected chi connectivity index (χ2v) is 3.98. The van der Waals surface area contributed by atoms with Crippen LogP contribution in [-0.2, 0) is 0 Å². The van der Waals surface area contributed by atoms with E-state index < -0.39 is 0 Å². The molecule has 1 aliphatic carbocycles. The predicted octanol–water partition coefficient (Wildman–Crippen LogP) is 0.0317. The zero-order valence-corrected chi connectivity index (χ0v) is 9.35. The third kappa shape index (κ3) is 2.40. The molecule has 1 aromatic heterocycles. The first-order chi connectivity index (χ1) is 7.74. The molecule has 0 aliphatic heterocycles. The number of aromatic nitrogens is 2. The Morgan fingerprint density at radius 2 is 2.31 bits per heavy atom. The molecule has 1 heterocycles. The van der Waals surface area contributed by atoms with Gasteiger partial charge in [-0.05, 0) is 19.8 Å². The summed E-state index contributed by atoms with van der Waals surface area (Å²) in [4.78, 5) is 10.5. The van der Waals surface area contributed by atoms with E-state index in [0.717, 1.165) is 24.4 Å². The smallest absolute Gasteiger partial charge is 0.239 e. The van der Waals surface area contributed by atoms with Crippen LogP contribution >= 0.6 is 0 Å². The van der Waals surface area contributed by atoms with Crippen molar-refractivity contribution in [3.8, 4) is 0 Å². The molecule has 1 aliphatic rings. The number of nitrogens with one attached hydrogen (secondary N) is 1. The van der Waals surface area contributed by atoms with Crippen LogP contribution in [0.15, 0.2) is 6.07 Å². The van der Waals surface area contributed by atoms with Crippen LogP contribution in [0.4, 0.5) is 11.8 Å².